The second-order valence-electron chi connectivity index (χ2n) is 17.1. The van der Waals surface area contributed by atoms with Gasteiger partial charge in [0.25, 0.3) is 0 Å². The molecule has 0 aliphatic carbocycles. The van der Waals surface area contributed by atoms with Crippen molar-refractivity contribution in [1.82, 2.24) is 28.7 Å². The highest BCUT2D eigenvalue weighted by molar-refractivity contribution is 5.95. The maximum Gasteiger partial charge on any atom is 0.338 e. The van der Waals surface area contributed by atoms with Crippen LogP contribution in [0.3, 0.4) is 0 Å². The lowest BCUT2D eigenvalue weighted by Crippen LogP contribution is -2.55. The molecule has 0 radical (unpaired) electrons. The Kier molecular flexibility index (Phi) is 14.8. The van der Waals surface area contributed by atoms with Crippen LogP contribution >= 0.6 is 0 Å². The Bertz CT molecular complexity index is 2210. The van der Waals surface area contributed by atoms with Crippen LogP contribution in [0.1, 0.15) is 26.3 Å². The lowest BCUT2D eigenvalue weighted by atomic mass is 10.1. The summed E-state index contributed by atoms with van der Waals surface area (Å²) >= 11 is 0. The van der Waals surface area contributed by atoms with Crippen LogP contribution in [-0.2, 0) is 88.1 Å². The monoisotopic (exact) mass is 974 g/mol. The molecule has 0 saturated carbocycles. The highest BCUT2D eigenvalue weighted by Crippen LogP contribution is 2.21. The van der Waals surface area contributed by atoms with Gasteiger partial charge in [-0.05, 0) is 23.8 Å². The summed E-state index contributed by atoms with van der Waals surface area (Å²) in [7, 11) is 0. The molecule has 69 heavy (non-hydrogen) atoms. The van der Waals surface area contributed by atoms with Crippen molar-refractivity contribution in [2.45, 2.75) is 81.2 Å². The van der Waals surface area contributed by atoms with Crippen molar-refractivity contribution in [3.63, 3.8) is 0 Å². The second-order valence-corrected chi connectivity index (χ2v) is 17.1. The zero-order chi connectivity index (χ0) is 47.3. The van der Waals surface area contributed by atoms with Crippen LogP contribution in [0.2, 0.25) is 0 Å². The van der Waals surface area contributed by atoms with Crippen molar-refractivity contribution in [2.75, 3.05) is 99.1 Å². The number of benzene rings is 1. The summed E-state index contributed by atoms with van der Waals surface area (Å²) in [5.41, 5.74) is -0.732. The van der Waals surface area contributed by atoms with E-state index in [9.17, 15) is 24.0 Å². The molecule has 2 aromatic heterocycles. The Hall–Kier alpha value is -5.46. The van der Waals surface area contributed by atoms with E-state index in [2.05, 4.69) is 15.0 Å². The molecule has 1 aromatic carbocycles. The van der Waals surface area contributed by atoms with Crippen molar-refractivity contribution < 1.29 is 85.7 Å². The summed E-state index contributed by atoms with van der Waals surface area (Å²) in [4.78, 5) is 84.1. The molecule has 9 atom stereocenters. The van der Waals surface area contributed by atoms with E-state index in [4.69, 9.17) is 76.1 Å². The van der Waals surface area contributed by atoms with Crippen LogP contribution < -0.4 is 31.3 Å². The standard InChI is InChI=1S/C18H20O9.2C12H15N3O6/c19-17(24-8-14-5-21-14)12-1-11(4-26-27-10-16-7-23-16)2-13(3-12)18(20)25-9-15-6-22-15;1-7(16-1)4-19-10-13-11(20-5-8-2-17-8)15-12(14-10)21-6-9-3-18-9;16-10-13(1-7-4-19-7)11(17)15(3-9-6-21-9)12(18)14(10)2-8-5-20-8/h1-3,14-16H,4-10H2;2*7-9H,1-6H2. The van der Waals surface area contributed by atoms with E-state index in [0.29, 0.717) is 91.5 Å². The number of hydrogen-bond donors (Lipinski definition) is 0. The van der Waals surface area contributed by atoms with Crippen LogP contribution in [0.25, 0.3) is 0 Å². The van der Waals surface area contributed by atoms with E-state index >= 15 is 0 Å². The van der Waals surface area contributed by atoms with Gasteiger partial charge in [0.2, 0.25) is 0 Å². The zero-order valence-corrected chi connectivity index (χ0v) is 37.1. The molecule has 27 heteroatoms. The Morgan fingerprint density at radius 1 is 0.435 bits per heavy atom. The van der Waals surface area contributed by atoms with Gasteiger partial charge in [0, 0.05) is 0 Å². The van der Waals surface area contributed by atoms with Crippen molar-refractivity contribution >= 4 is 11.9 Å². The molecular weight excluding hydrogens is 924 g/mol. The number of rotatable bonds is 26. The molecule has 9 saturated heterocycles. The van der Waals surface area contributed by atoms with Crippen molar-refractivity contribution in [3.05, 3.63) is 66.3 Å². The Morgan fingerprint density at radius 2 is 0.739 bits per heavy atom. The summed E-state index contributed by atoms with van der Waals surface area (Å²) in [5, 5.41) is 0. The fraction of sp³-hybridized carbons (Fsp3) is 0.667. The molecule has 0 amide bonds. The molecule has 9 aliphatic rings. The highest BCUT2D eigenvalue weighted by Gasteiger charge is 2.33. The molecule has 9 aliphatic heterocycles. The van der Waals surface area contributed by atoms with Crippen LogP contribution in [0.4, 0.5) is 0 Å². The third kappa shape index (κ3) is 15.5. The number of aromatic nitrogens is 6. The second kappa shape index (κ2) is 21.7. The van der Waals surface area contributed by atoms with Gasteiger partial charge in [-0.3, -0.25) is 0 Å². The van der Waals surface area contributed by atoms with Crippen LogP contribution in [0, 0.1) is 0 Å². The average molecular weight is 975 g/mol. The number of nitrogens with zero attached hydrogens (tertiary/aromatic N) is 6. The minimum Gasteiger partial charge on any atom is -0.460 e. The number of carbonyl (C=O) groups excluding carboxylic acids is 2. The van der Waals surface area contributed by atoms with Gasteiger partial charge in [0.05, 0.1) is 109 Å². The van der Waals surface area contributed by atoms with E-state index in [1.54, 1.807) is 12.1 Å². The minimum absolute atomic E-state index is 0.0403. The van der Waals surface area contributed by atoms with Gasteiger partial charge in [-0.25, -0.2) is 47.4 Å². The van der Waals surface area contributed by atoms with Gasteiger partial charge in [-0.1, -0.05) is 0 Å². The summed E-state index contributed by atoms with van der Waals surface area (Å²) in [6, 6.07) is 5.12. The maximum atomic E-state index is 12.4. The average Bonchev–Trinajstić information content (AvgIpc) is 4.18. The first-order chi connectivity index (χ1) is 33.6. The normalized spacial score (nSPS) is 27.5. The van der Waals surface area contributed by atoms with Gasteiger partial charge < -0.3 is 66.3 Å². The first-order valence-electron chi connectivity index (χ1n) is 22.5. The first kappa shape index (κ1) is 47.2. The van der Waals surface area contributed by atoms with Crippen molar-refractivity contribution in [2.24, 2.45) is 0 Å². The molecular formula is C42H50N6O21. The third-order valence-corrected chi connectivity index (χ3v) is 10.8. The predicted molar refractivity (Wildman–Crippen MR) is 221 cm³/mol. The number of hydrogen-bond acceptors (Lipinski definition) is 24. The maximum absolute atomic E-state index is 12.4. The Labute approximate surface area is 390 Å². The quantitative estimate of drug-likeness (QED) is 0.0258. The van der Waals surface area contributed by atoms with Crippen molar-refractivity contribution in [1.29, 1.82) is 0 Å². The summed E-state index contributed by atoms with van der Waals surface area (Å²) < 4.78 is 75.4. The van der Waals surface area contributed by atoms with E-state index in [0.717, 1.165) is 13.7 Å². The van der Waals surface area contributed by atoms with Crippen LogP contribution in [0.15, 0.2) is 32.6 Å². The molecule has 3 aromatic rings. The third-order valence-electron chi connectivity index (χ3n) is 10.8. The molecule has 0 N–H and O–H groups in total. The van der Waals surface area contributed by atoms with E-state index in [1.807, 2.05) is 0 Å². The molecule has 9 unspecified atom stereocenters. The van der Waals surface area contributed by atoms with Gasteiger partial charge in [0.15, 0.2) is 0 Å². The predicted octanol–water partition coefficient (Wildman–Crippen LogP) is -2.78. The molecule has 0 bridgehead atoms. The summed E-state index contributed by atoms with van der Waals surface area (Å²) in [6.07, 6.45) is -0.00717. The number of carbonyl (C=O) groups is 2. The van der Waals surface area contributed by atoms with E-state index < -0.39 is 29.0 Å². The van der Waals surface area contributed by atoms with E-state index in [1.165, 1.54) is 6.07 Å². The fourth-order valence-corrected chi connectivity index (χ4v) is 6.03. The fourth-order valence-electron chi connectivity index (χ4n) is 6.03. The van der Waals surface area contributed by atoms with Gasteiger partial charge in [0.1, 0.15) is 82.9 Å². The molecule has 12 rings (SSSR count). The van der Waals surface area contributed by atoms with Crippen molar-refractivity contribution in [3.8, 4) is 18.0 Å². The molecule has 9 fully saturated rings. The topological polar surface area (TPSA) is 316 Å². The summed E-state index contributed by atoms with van der Waals surface area (Å²) in [5.74, 6) is -1.08. The minimum atomic E-state index is -0.594. The lowest BCUT2D eigenvalue weighted by molar-refractivity contribution is -0.305. The molecule has 11 heterocycles. The highest BCUT2D eigenvalue weighted by atomic mass is 17.2. The SMILES string of the molecule is C(Oc1nc(OCC2CO2)nc(OCC2CO2)n1)C1CO1.O=C(OCC1CO1)c1cc(COOCC2CO2)cc(C(=O)OCC2CO2)c1.O=c1n(CC2CO2)c(=O)n(CC2CO2)c(=O)n1CC1CO1. The Balaban J connectivity index is 0.000000122. The van der Waals surface area contributed by atoms with Gasteiger partial charge in [-0.15, -0.1) is 15.0 Å². The zero-order valence-electron chi connectivity index (χ0n) is 37.1. The molecule has 0 spiro atoms. The molecule has 27 nitrogen and oxygen atoms in total. The van der Waals surface area contributed by atoms with Gasteiger partial charge >= 0.3 is 47.0 Å². The molecule has 374 valence electrons. The van der Waals surface area contributed by atoms with Crippen LogP contribution in [-0.4, -0.2) is 195 Å². The number of ether oxygens (including phenoxy) is 14. The first-order valence-corrected chi connectivity index (χ1v) is 22.5. The number of esters is 2. The lowest BCUT2D eigenvalue weighted by Gasteiger charge is -2.12. The largest absolute Gasteiger partial charge is 0.460 e. The smallest absolute Gasteiger partial charge is 0.338 e. The Morgan fingerprint density at radius 3 is 1.06 bits per heavy atom. The number of epoxide rings is 9. The summed E-state index contributed by atoms with van der Waals surface area (Å²) in [6.45, 7) is 8.04. The van der Waals surface area contributed by atoms with Crippen LogP contribution in [0.5, 0.6) is 18.0 Å². The van der Waals surface area contributed by atoms with Gasteiger partial charge in [-0.2, -0.15) is 0 Å². The van der Waals surface area contributed by atoms with E-state index in [-0.39, 0.29) is 124 Å².